The van der Waals surface area contributed by atoms with Gasteiger partial charge in [0.1, 0.15) is 23.3 Å². The van der Waals surface area contributed by atoms with Gasteiger partial charge in [-0.3, -0.25) is 4.79 Å². The van der Waals surface area contributed by atoms with Gasteiger partial charge in [0.25, 0.3) is 5.91 Å². The smallest absolute Gasteiger partial charge is 0.416 e. The first-order chi connectivity index (χ1) is 16.3. The lowest BCUT2D eigenvalue weighted by Gasteiger charge is -2.36. The number of carbonyl (C=O) groups is 1. The molecule has 2 aromatic heterocycles. The molecule has 0 saturated heterocycles. The molecular weight excluding hydrogens is 450 g/mol. The summed E-state index contributed by atoms with van der Waals surface area (Å²) in [5.41, 5.74) is 0.497. The third-order valence-corrected chi connectivity index (χ3v) is 5.85. The Morgan fingerprint density at radius 2 is 1.79 bits per heavy atom. The average Bonchev–Trinajstić information content (AvgIpc) is 3.20. The minimum atomic E-state index is -4.52. The number of para-hydroxylation sites is 1. The summed E-state index contributed by atoms with van der Waals surface area (Å²) < 4.78 is 61.7. The number of amides is 1. The zero-order chi connectivity index (χ0) is 23.9. The van der Waals surface area contributed by atoms with Crippen molar-refractivity contribution in [3.8, 4) is 5.75 Å². The Bertz CT molecular complexity index is 1350. The van der Waals surface area contributed by atoms with Crippen molar-refractivity contribution in [3.05, 3.63) is 101 Å². The molecule has 0 fully saturated rings. The molecule has 0 N–H and O–H groups in total. The lowest BCUT2D eigenvalue weighted by molar-refractivity contribution is -0.137. The van der Waals surface area contributed by atoms with Crippen molar-refractivity contribution in [1.82, 2.24) is 14.3 Å². The van der Waals surface area contributed by atoms with E-state index in [1.807, 2.05) is 6.07 Å². The summed E-state index contributed by atoms with van der Waals surface area (Å²) in [6.45, 7) is -0.0434. The number of hydrogen-bond acceptors (Lipinski definition) is 3. The predicted molar refractivity (Wildman–Crippen MR) is 116 cm³/mol. The number of imidazole rings is 1. The summed E-state index contributed by atoms with van der Waals surface area (Å²) in [5.74, 6) is -0.376. The van der Waals surface area contributed by atoms with Crippen LogP contribution in [0.5, 0.6) is 5.75 Å². The van der Waals surface area contributed by atoms with E-state index in [-0.39, 0.29) is 30.3 Å². The standard InChI is InChI=1S/C25H19F4N3O2/c26-19-9-5-4-8-18(19)23-24-20(30-21-14-16(25(27,28)29)10-12-31(21)24)11-13-32(23)22(33)15-34-17-6-2-1-3-7-17/h1-10,12,14,23H,11,13,15H2. The average molecular weight is 469 g/mol. The van der Waals surface area contributed by atoms with Crippen molar-refractivity contribution in [2.45, 2.75) is 18.6 Å². The number of pyridine rings is 1. The first kappa shape index (κ1) is 21.9. The van der Waals surface area contributed by atoms with Gasteiger partial charge in [-0.1, -0.05) is 36.4 Å². The van der Waals surface area contributed by atoms with E-state index in [1.165, 1.54) is 27.6 Å². The van der Waals surface area contributed by atoms with Crippen LogP contribution in [0, 0.1) is 5.82 Å². The lowest BCUT2D eigenvalue weighted by atomic mass is 9.95. The molecule has 3 heterocycles. The molecule has 4 aromatic rings. The SMILES string of the molecule is O=C(COc1ccccc1)N1CCc2nc3cc(C(F)(F)F)ccn3c2C1c1ccccc1F. The van der Waals surface area contributed by atoms with Gasteiger partial charge in [-0.15, -0.1) is 0 Å². The van der Waals surface area contributed by atoms with Gasteiger partial charge in [0.05, 0.1) is 17.0 Å². The molecule has 1 amide bonds. The fourth-order valence-electron chi connectivity index (χ4n) is 4.29. The van der Waals surface area contributed by atoms with Crippen LogP contribution in [0.15, 0.2) is 72.9 Å². The highest BCUT2D eigenvalue weighted by Crippen LogP contribution is 2.38. The van der Waals surface area contributed by atoms with E-state index in [0.29, 0.717) is 23.6 Å². The maximum atomic E-state index is 14.9. The van der Waals surface area contributed by atoms with Gasteiger partial charge in [-0.2, -0.15) is 13.2 Å². The van der Waals surface area contributed by atoms with Gasteiger partial charge < -0.3 is 14.0 Å². The largest absolute Gasteiger partial charge is 0.484 e. The van der Waals surface area contributed by atoms with Crippen LogP contribution in [0.4, 0.5) is 17.6 Å². The molecule has 5 nitrogen and oxygen atoms in total. The fraction of sp³-hybridized carbons (Fsp3) is 0.200. The van der Waals surface area contributed by atoms with Crippen LogP contribution in [-0.4, -0.2) is 33.3 Å². The molecular formula is C25H19F4N3O2. The van der Waals surface area contributed by atoms with Crippen molar-refractivity contribution in [1.29, 1.82) is 0 Å². The number of fused-ring (bicyclic) bond motifs is 3. The minimum Gasteiger partial charge on any atom is -0.484 e. The maximum absolute atomic E-state index is 14.9. The molecule has 0 aliphatic carbocycles. The molecule has 9 heteroatoms. The van der Waals surface area contributed by atoms with Gasteiger partial charge in [0.15, 0.2) is 6.61 Å². The molecule has 1 atom stereocenters. The number of carbonyl (C=O) groups excluding carboxylic acids is 1. The van der Waals surface area contributed by atoms with Crippen LogP contribution in [0.2, 0.25) is 0 Å². The highest BCUT2D eigenvalue weighted by atomic mass is 19.4. The monoisotopic (exact) mass is 469 g/mol. The molecule has 0 radical (unpaired) electrons. The Morgan fingerprint density at radius 3 is 2.53 bits per heavy atom. The van der Waals surface area contributed by atoms with Crippen molar-refractivity contribution in [3.63, 3.8) is 0 Å². The van der Waals surface area contributed by atoms with E-state index < -0.39 is 23.6 Å². The van der Waals surface area contributed by atoms with Crippen molar-refractivity contribution < 1.29 is 27.1 Å². The summed E-state index contributed by atoms with van der Waals surface area (Å²) in [6, 6.07) is 15.9. The molecule has 5 rings (SSSR count). The molecule has 0 saturated carbocycles. The third-order valence-electron chi connectivity index (χ3n) is 5.85. The van der Waals surface area contributed by atoms with Gasteiger partial charge in [-0.05, 0) is 30.3 Å². The second kappa shape index (κ2) is 8.48. The molecule has 1 unspecified atom stereocenters. The predicted octanol–water partition coefficient (Wildman–Crippen LogP) is 5.05. The molecule has 0 bridgehead atoms. The topological polar surface area (TPSA) is 46.8 Å². The Hall–Kier alpha value is -3.88. The number of benzene rings is 2. The van der Waals surface area contributed by atoms with Crippen LogP contribution in [-0.2, 0) is 17.4 Å². The number of hydrogen-bond donors (Lipinski definition) is 0. The van der Waals surface area contributed by atoms with Gasteiger partial charge >= 0.3 is 6.18 Å². The molecule has 174 valence electrons. The van der Waals surface area contributed by atoms with Crippen molar-refractivity contribution >= 4 is 11.6 Å². The molecule has 34 heavy (non-hydrogen) atoms. The highest BCUT2D eigenvalue weighted by molar-refractivity contribution is 5.79. The van der Waals surface area contributed by atoms with E-state index in [4.69, 9.17) is 4.74 Å². The number of ether oxygens (including phenoxy) is 1. The number of nitrogens with zero attached hydrogens (tertiary/aromatic N) is 3. The van der Waals surface area contributed by atoms with Crippen LogP contribution < -0.4 is 4.74 Å². The van der Waals surface area contributed by atoms with E-state index in [0.717, 1.165) is 12.1 Å². The van der Waals surface area contributed by atoms with E-state index in [9.17, 15) is 22.4 Å². The lowest BCUT2D eigenvalue weighted by Crippen LogP contribution is -2.43. The van der Waals surface area contributed by atoms with E-state index in [1.54, 1.807) is 36.4 Å². The molecule has 2 aromatic carbocycles. The Kier molecular flexibility index (Phi) is 5.47. The summed E-state index contributed by atoms with van der Waals surface area (Å²) >= 11 is 0. The molecule has 1 aliphatic rings. The van der Waals surface area contributed by atoms with Crippen molar-refractivity contribution in [2.24, 2.45) is 0 Å². The quantitative estimate of drug-likeness (QED) is 0.393. The van der Waals surface area contributed by atoms with Gasteiger partial charge in [-0.25, -0.2) is 9.37 Å². The fourth-order valence-corrected chi connectivity index (χ4v) is 4.29. The van der Waals surface area contributed by atoms with Crippen LogP contribution in [0.3, 0.4) is 0 Å². The number of halogens is 4. The normalized spacial score (nSPS) is 15.9. The van der Waals surface area contributed by atoms with E-state index in [2.05, 4.69) is 4.98 Å². The number of rotatable bonds is 4. The van der Waals surface area contributed by atoms with Crippen LogP contribution in [0.25, 0.3) is 5.65 Å². The molecule has 0 spiro atoms. The van der Waals surface area contributed by atoms with Crippen LogP contribution >= 0.6 is 0 Å². The summed E-state index contributed by atoms with van der Waals surface area (Å²) in [4.78, 5) is 19.1. The Balaban J connectivity index is 1.57. The molecule has 1 aliphatic heterocycles. The van der Waals surface area contributed by atoms with Crippen molar-refractivity contribution in [2.75, 3.05) is 13.2 Å². The Labute approximate surface area is 192 Å². The number of alkyl halides is 3. The minimum absolute atomic E-state index is 0.0935. The third kappa shape index (κ3) is 3.98. The first-order valence-corrected chi connectivity index (χ1v) is 10.6. The second-order valence-corrected chi connectivity index (χ2v) is 7.95. The van der Waals surface area contributed by atoms with E-state index >= 15 is 0 Å². The zero-order valence-corrected chi connectivity index (χ0v) is 17.8. The maximum Gasteiger partial charge on any atom is 0.416 e. The highest BCUT2D eigenvalue weighted by Gasteiger charge is 2.38. The Morgan fingerprint density at radius 1 is 1.06 bits per heavy atom. The van der Waals surface area contributed by atoms with Crippen LogP contribution in [0.1, 0.15) is 28.6 Å². The summed E-state index contributed by atoms with van der Waals surface area (Å²) in [6.07, 6.45) is -2.93. The summed E-state index contributed by atoms with van der Waals surface area (Å²) in [7, 11) is 0. The van der Waals surface area contributed by atoms with Gasteiger partial charge in [0.2, 0.25) is 0 Å². The zero-order valence-electron chi connectivity index (χ0n) is 17.8. The summed E-state index contributed by atoms with van der Waals surface area (Å²) in [5, 5.41) is 0. The van der Waals surface area contributed by atoms with Gasteiger partial charge in [0, 0.05) is 24.7 Å². The number of aromatic nitrogens is 2. The first-order valence-electron chi connectivity index (χ1n) is 10.6. The second-order valence-electron chi connectivity index (χ2n) is 7.95.